The van der Waals surface area contributed by atoms with Crippen LogP contribution in [0.25, 0.3) is 0 Å². The molecule has 2 N–H and O–H groups in total. The van der Waals surface area contributed by atoms with E-state index >= 15 is 0 Å². The first-order valence-electron chi connectivity index (χ1n) is 5.48. The van der Waals surface area contributed by atoms with Crippen LogP contribution in [-0.4, -0.2) is 47.3 Å². The maximum absolute atomic E-state index is 10.6. The van der Waals surface area contributed by atoms with Crippen molar-refractivity contribution in [2.75, 3.05) is 13.2 Å². The Morgan fingerprint density at radius 2 is 1.05 bits per heavy atom. The maximum Gasteiger partial charge on any atom is 0.330 e. The first-order valence-corrected chi connectivity index (χ1v) is 5.48. The molecule has 0 aromatic carbocycles. The summed E-state index contributed by atoms with van der Waals surface area (Å²) in [4.78, 5) is 40.4. The summed E-state index contributed by atoms with van der Waals surface area (Å²) in [5.74, 6) is -3.59. The Bertz CT molecular complexity index is 358. The second kappa shape index (κ2) is 12.8. The van der Waals surface area contributed by atoms with E-state index in [-0.39, 0.29) is 0 Å². The summed E-state index contributed by atoms with van der Waals surface area (Å²) in [6.07, 6.45) is 3.20. The number of carbonyl (C=O) groups is 4. The molecule has 0 heterocycles. The molecule has 0 unspecified atom stereocenters. The summed E-state index contributed by atoms with van der Waals surface area (Å²) in [7, 11) is 0. The van der Waals surface area contributed by atoms with Crippen LogP contribution in [0.2, 0.25) is 0 Å². The highest BCUT2D eigenvalue weighted by Crippen LogP contribution is 1.84. The average Bonchev–Trinajstić information content (AvgIpc) is 2.35. The van der Waals surface area contributed by atoms with Crippen LogP contribution in [0, 0.1) is 0 Å². The number of ether oxygens (including phenoxy) is 2. The molecule has 0 rings (SSSR count). The summed E-state index contributed by atoms with van der Waals surface area (Å²) in [5, 5.41) is 15.6. The van der Waals surface area contributed by atoms with Gasteiger partial charge >= 0.3 is 23.9 Å². The number of aliphatic carboxylic acids is 2. The van der Waals surface area contributed by atoms with Gasteiger partial charge in [0.05, 0.1) is 13.2 Å². The third-order valence-corrected chi connectivity index (χ3v) is 1.30. The average molecular weight is 288 g/mol. The van der Waals surface area contributed by atoms with Crippen molar-refractivity contribution in [2.24, 2.45) is 0 Å². The number of carboxylic acids is 2. The van der Waals surface area contributed by atoms with Crippen LogP contribution in [0.4, 0.5) is 0 Å². The van der Waals surface area contributed by atoms with Gasteiger partial charge < -0.3 is 19.7 Å². The second-order valence-electron chi connectivity index (χ2n) is 2.85. The van der Waals surface area contributed by atoms with Crippen LogP contribution in [-0.2, 0) is 28.7 Å². The molecule has 0 aromatic rings. The fourth-order valence-corrected chi connectivity index (χ4v) is 0.659. The SMILES string of the molecule is CCOC(=O)/C=C/C(=O)OCC.O=C(O)/C=C/C(=O)O. The van der Waals surface area contributed by atoms with E-state index in [0.29, 0.717) is 25.4 Å². The summed E-state index contributed by atoms with van der Waals surface area (Å²) in [5.41, 5.74) is 0. The minimum absolute atomic E-state index is 0.298. The lowest BCUT2D eigenvalue weighted by Gasteiger charge is -1.95. The fraction of sp³-hybridized carbons (Fsp3) is 0.333. The minimum Gasteiger partial charge on any atom is -0.478 e. The summed E-state index contributed by atoms with van der Waals surface area (Å²) >= 11 is 0. The molecule has 0 aliphatic heterocycles. The molecule has 8 nitrogen and oxygen atoms in total. The van der Waals surface area contributed by atoms with Crippen molar-refractivity contribution in [1.29, 1.82) is 0 Å². The van der Waals surface area contributed by atoms with Gasteiger partial charge in [0.1, 0.15) is 0 Å². The third kappa shape index (κ3) is 17.7. The number of esters is 2. The van der Waals surface area contributed by atoms with Gasteiger partial charge in [0.25, 0.3) is 0 Å². The molecule has 0 aliphatic rings. The van der Waals surface area contributed by atoms with E-state index in [1.54, 1.807) is 13.8 Å². The number of hydrogen-bond donors (Lipinski definition) is 2. The molecule has 0 aliphatic carbocycles. The van der Waals surface area contributed by atoms with Crippen molar-refractivity contribution in [2.45, 2.75) is 13.8 Å². The van der Waals surface area contributed by atoms with Crippen LogP contribution in [0.5, 0.6) is 0 Å². The molecule has 0 radical (unpaired) electrons. The lowest BCUT2D eigenvalue weighted by Crippen LogP contribution is -2.03. The molecule has 0 aromatic heterocycles. The predicted molar refractivity (Wildman–Crippen MR) is 66.8 cm³/mol. The fourth-order valence-electron chi connectivity index (χ4n) is 0.659. The van der Waals surface area contributed by atoms with Gasteiger partial charge in [0.15, 0.2) is 0 Å². The van der Waals surface area contributed by atoms with Crippen LogP contribution in [0.15, 0.2) is 24.3 Å². The van der Waals surface area contributed by atoms with Crippen molar-refractivity contribution in [1.82, 2.24) is 0 Å². The Kier molecular flexibility index (Phi) is 12.6. The van der Waals surface area contributed by atoms with E-state index in [1.807, 2.05) is 0 Å². The van der Waals surface area contributed by atoms with E-state index in [4.69, 9.17) is 10.2 Å². The predicted octanol–water partition coefficient (Wildman–Crippen LogP) is 0.381. The first-order chi connectivity index (χ1) is 9.33. The van der Waals surface area contributed by atoms with Crippen LogP contribution < -0.4 is 0 Å². The summed E-state index contributed by atoms with van der Waals surface area (Å²) in [6, 6.07) is 0. The molecule has 112 valence electrons. The molecule has 0 saturated carbocycles. The Morgan fingerprint density at radius 3 is 1.25 bits per heavy atom. The van der Waals surface area contributed by atoms with E-state index in [0.717, 1.165) is 12.2 Å². The molecule has 8 heteroatoms. The molecular formula is C12H16O8. The van der Waals surface area contributed by atoms with Gasteiger partial charge in [-0.05, 0) is 13.8 Å². The normalized spacial score (nSPS) is 9.70. The van der Waals surface area contributed by atoms with Crippen molar-refractivity contribution < 1.29 is 38.9 Å². The largest absolute Gasteiger partial charge is 0.478 e. The van der Waals surface area contributed by atoms with Crippen molar-refractivity contribution >= 4 is 23.9 Å². The molecule has 0 bridgehead atoms. The quantitative estimate of drug-likeness (QED) is 0.530. The third-order valence-electron chi connectivity index (χ3n) is 1.30. The zero-order chi connectivity index (χ0) is 16.0. The molecule has 0 amide bonds. The Morgan fingerprint density at radius 1 is 0.750 bits per heavy atom. The van der Waals surface area contributed by atoms with Gasteiger partial charge in [-0.3, -0.25) is 0 Å². The smallest absolute Gasteiger partial charge is 0.330 e. The zero-order valence-corrected chi connectivity index (χ0v) is 11.1. The Hall–Kier alpha value is -2.64. The zero-order valence-electron chi connectivity index (χ0n) is 11.1. The molecule has 0 atom stereocenters. The number of carboxylic acid groups (broad SMARTS) is 2. The topological polar surface area (TPSA) is 127 Å². The lowest BCUT2D eigenvalue weighted by molar-refractivity contribution is -0.140. The van der Waals surface area contributed by atoms with E-state index < -0.39 is 23.9 Å². The highest BCUT2D eigenvalue weighted by atomic mass is 16.5. The highest BCUT2D eigenvalue weighted by Gasteiger charge is 1.97. The van der Waals surface area contributed by atoms with E-state index in [2.05, 4.69) is 9.47 Å². The monoisotopic (exact) mass is 288 g/mol. The number of carbonyl (C=O) groups excluding carboxylic acids is 2. The van der Waals surface area contributed by atoms with Gasteiger partial charge in [-0.25, -0.2) is 19.2 Å². The summed E-state index contributed by atoms with van der Waals surface area (Å²) in [6.45, 7) is 3.98. The second-order valence-corrected chi connectivity index (χ2v) is 2.85. The summed E-state index contributed by atoms with van der Waals surface area (Å²) < 4.78 is 9.07. The maximum atomic E-state index is 10.6. The Balaban J connectivity index is 0. The van der Waals surface area contributed by atoms with Crippen LogP contribution in [0.1, 0.15) is 13.8 Å². The standard InChI is InChI=1S/C8H12O4.C4H4O4/c1-3-11-7(9)5-6-8(10)12-4-2;5-3(6)1-2-4(7)8/h5-6H,3-4H2,1-2H3;1-2H,(H,5,6)(H,7,8)/b6-5+;2-1+. The Labute approximate surface area is 115 Å². The molecule has 0 saturated heterocycles. The van der Waals surface area contributed by atoms with Crippen LogP contribution in [0.3, 0.4) is 0 Å². The van der Waals surface area contributed by atoms with Gasteiger partial charge in [-0.1, -0.05) is 0 Å². The van der Waals surface area contributed by atoms with E-state index in [1.165, 1.54) is 0 Å². The molecule has 20 heavy (non-hydrogen) atoms. The van der Waals surface area contributed by atoms with E-state index in [9.17, 15) is 19.2 Å². The van der Waals surface area contributed by atoms with Gasteiger partial charge in [-0.2, -0.15) is 0 Å². The molecular weight excluding hydrogens is 272 g/mol. The minimum atomic E-state index is -1.26. The van der Waals surface area contributed by atoms with Crippen molar-refractivity contribution in [3.8, 4) is 0 Å². The molecule has 0 spiro atoms. The van der Waals surface area contributed by atoms with Crippen molar-refractivity contribution in [3.05, 3.63) is 24.3 Å². The number of hydrogen-bond acceptors (Lipinski definition) is 6. The van der Waals surface area contributed by atoms with Crippen molar-refractivity contribution in [3.63, 3.8) is 0 Å². The van der Waals surface area contributed by atoms with Gasteiger partial charge in [0, 0.05) is 24.3 Å². The first kappa shape index (κ1) is 19.7. The van der Waals surface area contributed by atoms with Gasteiger partial charge in [-0.15, -0.1) is 0 Å². The number of rotatable bonds is 6. The molecule has 0 fully saturated rings. The lowest BCUT2D eigenvalue weighted by atomic mass is 10.5. The van der Waals surface area contributed by atoms with Crippen LogP contribution >= 0.6 is 0 Å². The highest BCUT2D eigenvalue weighted by molar-refractivity contribution is 5.91. The van der Waals surface area contributed by atoms with Gasteiger partial charge in [0.2, 0.25) is 0 Å².